The number of likely N-dealkylation sites (tertiary alicyclic amines) is 1. The molecule has 0 spiro atoms. The van der Waals surface area contributed by atoms with Crippen molar-refractivity contribution in [2.24, 2.45) is 5.92 Å². The molecule has 0 amide bonds. The van der Waals surface area contributed by atoms with Crippen molar-refractivity contribution in [2.45, 2.75) is 26.0 Å². The van der Waals surface area contributed by atoms with Crippen LogP contribution in [0.25, 0.3) is 11.4 Å². The van der Waals surface area contributed by atoms with E-state index >= 15 is 0 Å². The van der Waals surface area contributed by atoms with Gasteiger partial charge in [-0.15, -0.1) is 0 Å². The molecule has 2 unspecified atom stereocenters. The minimum Gasteiger partial charge on any atom is -0.393 e. The molecule has 3 rings (SSSR count). The summed E-state index contributed by atoms with van der Waals surface area (Å²) in [6.07, 6.45) is 0.778. The predicted octanol–water partition coefficient (Wildman–Crippen LogP) is 1.94. The van der Waals surface area contributed by atoms with Gasteiger partial charge in [-0.2, -0.15) is 4.98 Å². The Morgan fingerprint density at radius 2 is 2.20 bits per heavy atom. The van der Waals surface area contributed by atoms with Crippen molar-refractivity contribution in [3.8, 4) is 11.4 Å². The minimum absolute atomic E-state index is 0.248. The van der Waals surface area contributed by atoms with Crippen LogP contribution >= 0.6 is 0 Å². The third kappa shape index (κ3) is 2.89. The van der Waals surface area contributed by atoms with Gasteiger partial charge in [0.1, 0.15) is 0 Å². The molecule has 0 bridgehead atoms. The van der Waals surface area contributed by atoms with E-state index in [-0.39, 0.29) is 6.10 Å². The lowest BCUT2D eigenvalue weighted by Crippen LogP contribution is -2.24. The topological polar surface area (TPSA) is 62.4 Å². The van der Waals surface area contributed by atoms with E-state index in [2.05, 4.69) is 15.0 Å². The van der Waals surface area contributed by atoms with Crippen LogP contribution in [0, 0.1) is 5.92 Å². The summed E-state index contributed by atoms with van der Waals surface area (Å²) in [5.74, 6) is 1.62. The SMILES string of the molecule is CC(O)C1CCN(Cc2nc(-c3ccccc3)no2)C1. The van der Waals surface area contributed by atoms with Crippen LogP contribution in [0.1, 0.15) is 19.2 Å². The molecule has 5 heteroatoms. The molecule has 106 valence electrons. The molecule has 2 heterocycles. The molecule has 0 radical (unpaired) electrons. The summed E-state index contributed by atoms with van der Waals surface area (Å²) >= 11 is 0. The van der Waals surface area contributed by atoms with Crippen molar-refractivity contribution < 1.29 is 9.63 Å². The van der Waals surface area contributed by atoms with Crippen LogP contribution in [0.15, 0.2) is 34.9 Å². The van der Waals surface area contributed by atoms with Gasteiger partial charge in [0.15, 0.2) is 0 Å². The van der Waals surface area contributed by atoms with E-state index in [1.165, 1.54) is 0 Å². The summed E-state index contributed by atoms with van der Waals surface area (Å²) in [5.41, 5.74) is 0.964. The first-order valence-corrected chi connectivity index (χ1v) is 7.01. The van der Waals surface area contributed by atoms with Crippen LogP contribution in [0.3, 0.4) is 0 Å². The zero-order valence-corrected chi connectivity index (χ0v) is 11.6. The molecule has 0 aliphatic carbocycles. The first-order valence-electron chi connectivity index (χ1n) is 7.01. The molecule has 0 saturated carbocycles. The number of rotatable bonds is 4. The van der Waals surface area contributed by atoms with Crippen molar-refractivity contribution in [1.29, 1.82) is 0 Å². The Hall–Kier alpha value is -1.72. The van der Waals surface area contributed by atoms with Crippen molar-refractivity contribution >= 4 is 0 Å². The van der Waals surface area contributed by atoms with E-state index in [1.807, 2.05) is 37.3 Å². The van der Waals surface area contributed by atoms with Crippen molar-refractivity contribution in [3.63, 3.8) is 0 Å². The summed E-state index contributed by atoms with van der Waals surface area (Å²) in [4.78, 5) is 6.68. The highest BCUT2D eigenvalue weighted by Crippen LogP contribution is 2.22. The maximum atomic E-state index is 9.61. The van der Waals surface area contributed by atoms with Crippen LogP contribution in [0.4, 0.5) is 0 Å². The average Bonchev–Trinajstić information content (AvgIpc) is 3.10. The Morgan fingerprint density at radius 3 is 2.90 bits per heavy atom. The van der Waals surface area contributed by atoms with E-state index in [9.17, 15) is 5.11 Å². The molecule has 1 saturated heterocycles. The van der Waals surface area contributed by atoms with Crippen LogP contribution in [-0.4, -0.2) is 39.3 Å². The number of hydrogen-bond acceptors (Lipinski definition) is 5. The monoisotopic (exact) mass is 273 g/mol. The van der Waals surface area contributed by atoms with Crippen molar-refractivity contribution in [2.75, 3.05) is 13.1 Å². The van der Waals surface area contributed by atoms with Crippen LogP contribution in [0.5, 0.6) is 0 Å². The minimum atomic E-state index is -0.248. The van der Waals surface area contributed by atoms with Gasteiger partial charge in [-0.1, -0.05) is 35.5 Å². The second-order valence-electron chi connectivity index (χ2n) is 5.40. The van der Waals surface area contributed by atoms with E-state index < -0.39 is 0 Å². The van der Waals surface area contributed by atoms with Gasteiger partial charge in [0.2, 0.25) is 11.7 Å². The molecule has 2 aromatic rings. The fraction of sp³-hybridized carbons (Fsp3) is 0.467. The Kier molecular flexibility index (Phi) is 3.80. The third-order valence-corrected chi connectivity index (χ3v) is 3.85. The summed E-state index contributed by atoms with van der Waals surface area (Å²) in [7, 11) is 0. The first-order chi connectivity index (χ1) is 9.72. The molecular formula is C15H19N3O2. The third-order valence-electron chi connectivity index (χ3n) is 3.85. The Balaban J connectivity index is 1.64. The molecule has 1 aliphatic rings. The van der Waals surface area contributed by atoms with E-state index in [1.54, 1.807) is 0 Å². The number of aliphatic hydroxyl groups excluding tert-OH is 1. The summed E-state index contributed by atoms with van der Waals surface area (Å²) in [5, 5.41) is 13.6. The van der Waals surface area contributed by atoms with Gasteiger partial charge in [-0.05, 0) is 25.8 Å². The number of aromatic nitrogens is 2. The van der Waals surface area contributed by atoms with Gasteiger partial charge < -0.3 is 9.63 Å². The number of nitrogens with zero attached hydrogens (tertiary/aromatic N) is 3. The highest BCUT2D eigenvalue weighted by atomic mass is 16.5. The summed E-state index contributed by atoms with van der Waals surface area (Å²) < 4.78 is 5.31. The Bertz CT molecular complexity index is 553. The highest BCUT2D eigenvalue weighted by molar-refractivity contribution is 5.53. The highest BCUT2D eigenvalue weighted by Gasteiger charge is 2.27. The molecular weight excluding hydrogens is 254 g/mol. The van der Waals surface area contributed by atoms with Crippen LogP contribution in [0.2, 0.25) is 0 Å². The molecule has 1 aliphatic heterocycles. The molecule has 1 aromatic heterocycles. The Morgan fingerprint density at radius 1 is 1.40 bits per heavy atom. The first kappa shape index (κ1) is 13.3. The fourth-order valence-corrected chi connectivity index (χ4v) is 2.61. The quantitative estimate of drug-likeness (QED) is 0.922. The van der Waals surface area contributed by atoms with Crippen molar-refractivity contribution in [1.82, 2.24) is 15.0 Å². The summed E-state index contributed by atoms with van der Waals surface area (Å²) in [6, 6.07) is 9.81. The molecule has 20 heavy (non-hydrogen) atoms. The lowest BCUT2D eigenvalue weighted by Gasteiger charge is -2.15. The fourth-order valence-electron chi connectivity index (χ4n) is 2.61. The maximum absolute atomic E-state index is 9.61. The van der Waals surface area contributed by atoms with Crippen LogP contribution < -0.4 is 0 Å². The zero-order chi connectivity index (χ0) is 13.9. The molecule has 1 N–H and O–H groups in total. The number of aliphatic hydroxyl groups is 1. The second kappa shape index (κ2) is 5.73. The van der Waals surface area contributed by atoms with Gasteiger partial charge in [0.05, 0.1) is 12.6 Å². The Labute approximate surface area is 118 Å². The van der Waals surface area contributed by atoms with Crippen molar-refractivity contribution in [3.05, 3.63) is 36.2 Å². The smallest absolute Gasteiger partial charge is 0.241 e. The molecule has 5 nitrogen and oxygen atoms in total. The summed E-state index contributed by atoms with van der Waals surface area (Å²) in [6.45, 7) is 4.37. The lowest BCUT2D eigenvalue weighted by atomic mass is 10.0. The maximum Gasteiger partial charge on any atom is 0.241 e. The standard InChI is InChI=1S/C15H19N3O2/c1-11(19)13-7-8-18(9-13)10-14-16-15(17-20-14)12-5-3-2-4-6-12/h2-6,11,13,19H,7-10H2,1H3. The van der Waals surface area contributed by atoms with E-state index in [4.69, 9.17) is 4.52 Å². The van der Waals surface area contributed by atoms with Crippen LogP contribution in [-0.2, 0) is 6.54 Å². The average molecular weight is 273 g/mol. The molecule has 2 atom stereocenters. The second-order valence-corrected chi connectivity index (χ2v) is 5.40. The normalized spacial score (nSPS) is 21.2. The van der Waals surface area contributed by atoms with Gasteiger partial charge in [0.25, 0.3) is 0 Å². The number of benzene rings is 1. The van der Waals surface area contributed by atoms with E-state index in [0.717, 1.165) is 25.1 Å². The van der Waals surface area contributed by atoms with Gasteiger partial charge >= 0.3 is 0 Å². The van der Waals surface area contributed by atoms with E-state index in [0.29, 0.717) is 24.2 Å². The van der Waals surface area contributed by atoms with Gasteiger partial charge in [0, 0.05) is 12.1 Å². The zero-order valence-electron chi connectivity index (χ0n) is 11.6. The molecule has 1 aromatic carbocycles. The van der Waals surface area contributed by atoms with Gasteiger partial charge in [-0.3, -0.25) is 4.90 Å². The number of hydrogen-bond donors (Lipinski definition) is 1. The van der Waals surface area contributed by atoms with Gasteiger partial charge in [-0.25, -0.2) is 0 Å². The predicted molar refractivity (Wildman–Crippen MR) is 74.8 cm³/mol. The molecule has 1 fully saturated rings. The lowest BCUT2D eigenvalue weighted by molar-refractivity contribution is 0.125. The largest absolute Gasteiger partial charge is 0.393 e.